The van der Waals surface area contributed by atoms with Gasteiger partial charge in [0, 0.05) is 11.8 Å². The Morgan fingerprint density at radius 1 is 0.667 bits per heavy atom. The monoisotopic (exact) mass is 274 g/mol. The Labute approximate surface area is 117 Å². The van der Waals surface area contributed by atoms with Gasteiger partial charge in [-0.1, -0.05) is 48.5 Å². The second-order valence-corrected chi connectivity index (χ2v) is 6.08. The van der Waals surface area contributed by atoms with Crippen LogP contribution < -0.4 is 0 Å². The van der Waals surface area contributed by atoms with E-state index in [1.165, 1.54) is 22.3 Å². The first-order valence-electron chi connectivity index (χ1n) is 6.25. The number of halogens is 2. The zero-order valence-electron chi connectivity index (χ0n) is 9.68. The molecule has 4 rings (SSSR count). The van der Waals surface area contributed by atoms with Gasteiger partial charge < -0.3 is 0 Å². The summed E-state index contributed by atoms with van der Waals surface area (Å²) in [5.41, 5.74) is 5.25. The molecule has 2 aromatic carbocycles. The van der Waals surface area contributed by atoms with Crippen molar-refractivity contribution in [2.45, 2.75) is 22.6 Å². The van der Waals surface area contributed by atoms with E-state index in [1.54, 1.807) is 0 Å². The van der Waals surface area contributed by atoms with Gasteiger partial charge in [-0.25, -0.2) is 0 Å². The number of benzene rings is 2. The molecule has 18 heavy (non-hydrogen) atoms. The van der Waals surface area contributed by atoms with Crippen molar-refractivity contribution in [3.05, 3.63) is 70.8 Å². The summed E-state index contributed by atoms with van der Waals surface area (Å²) < 4.78 is 0. The molecule has 0 saturated heterocycles. The average Bonchev–Trinajstić information content (AvgIpc) is 2.63. The normalized spacial score (nSPS) is 31.9. The minimum Gasteiger partial charge on any atom is -0.121 e. The zero-order valence-corrected chi connectivity index (χ0v) is 11.2. The molecule has 0 nitrogen and oxygen atoms in total. The summed E-state index contributed by atoms with van der Waals surface area (Å²) in [6, 6.07) is 17.0. The minimum atomic E-state index is -0.0106. The number of fused-ring (bicyclic) bond motifs is 7. The molecule has 2 aliphatic rings. The summed E-state index contributed by atoms with van der Waals surface area (Å²) in [6.45, 7) is 0. The standard InChI is InChI=1S/C16H12Cl2/c17-15-12-8-4-3-7-11(12)13-9-5-1-2-6-10(9)14(15)16(13)18/h1-8,13-16H. The van der Waals surface area contributed by atoms with Crippen LogP contribution in [0.3, 0.4) is 0 Å². The van der Waals surface area contributed by atoms with Crippen LogP contribution in [-0.4, -0.2) is 5.38 Å². The molecule has 0 aliphatic heterocycles. The summed E-state index contributed by atoms with van der Waals surface area (Å²) in [5, 5.41) is 0.0726. The molecule has 0 radical (unpaired) electrons. The SMILES string of the molecule is ClC1c2ccccc2C2c3ccccc3C1C2Cl. The number of rotatable bonds is 0. The predicted molar refractivity (Wildman–Crippen MR) is 75.7 cm³/mol. The van der Waals surface area contributed by atoms with Gasteiger partial charge in [0.15, 0.2) is 0 Å². The minimum absolute atomic E-state index is 0.0106. The molecular weight excluding hydrogens is 263 g/mol. The molecule has 90 valence electrons. The van der Waals surface area contributed by atoms with Crippen molar-refractivity contribution in [1.29, 1.82) is 0 Å². The van der Waals surface area contributed by atoms with Crippen molar-refractivity contribution in [2.24, 2.45) is 0 Å². The first-order valence-corrected chi connectivity index (χ1v) is 7.12. The van der Waals surface area contributed by atoms with Gasteiger partial charge in [-0.05, 0) is 22.3 Å². The highest BCUT2D eigenvalue weighted by atomic mass is 35.5. The maximum absolute atomic E-state index is 6.68. The first kappa shape index (κ1) is 10.9. The maximum Gasteiger partial charge on any atom is 0.0671 e. The van der Waals surface area contributed by atoms with E-state index in [-0.39, 0.29) is 16.7 Å². The van der Waals surface area contributed by atoms with Gasteiger partial charge in [-0.15, -0.1) is 23.2 Å². The van der Waals surface area contributed by atoms with Crippen LogP contribution in [-0.2, 0) is 0 Å². The Balaban J connectivity index is 2.04. The summed E-state index contributed by atoms with van der Waals surface area (Å²) >= 11 is 13.4. The van der Waals surface area contributed by atoms with Gasteiger partial charge in [0.1, 0.15) is 0 Å². The predicted octanol–water partition coefficient (Wildman–Crippen LogP) is 4.82. The van der Waals surface area contributed by atoms with Crippen LogP contribution in [0.5, 0.6) is 0 Å². The topological polar surface area (TPSA) is 0 Å². The molecule has 0 spiro atoms. The smallest absolute Gasteiger partial charge is 0.0671 e. The highest BCUT2D eigenvalue weighted by Crippen LogP contribution is 2.59. The van der Waals surface area contributed by atoms with Crippen LogP contribution in [0.15, 0.2) is 48.5 Å². The lowest BCUT2D eigenvalue weighted by molar-refractivity contribution is 0.586. The maximum atomic E-state index is 6.68. The lowest BCUT2D eigenvalue weighted by Crippen LogP contribution is -2.24. The second-order valence-electron chi connectivity index (χ2n) is 5.11. The van der Waals surface area contributed by atoms with Gasteiger partial charge in [0.2, 0.25) is 0 Å². The Bertz CT molecular complexity index is 620. The van der Waals surface area contributed by atoms with E-state index in [9.17, 15) is 0 Å². The zero-order chi connectivity index (χ0) is 12.3. The van der Waals surface area contributed by atoms with E-state index in [1.807, 2.05) is 0 Å². The van der Waals surface area contributed by atoms with Crippen molar-refractivity contribution in [1.82, 2.24) is 0 Å². The van der Waals surface area contributed by atoms with E-state index < -0.39 is 0 Å². The van der Waals surface area contributed by atoms with E-state index >= 15 is 0 Å². The summed E-state index contributed by atoms with van der Waals surface area (Å²) in [6.07, 6.45) is 0. The molecule has 2 bridgehead atoms. The third-order valence-corrected chi connectivity index (χ3v) is 5.33. The van der Waals surface area contributed by atoms with E-state index in [0.29, 0.717) is 5.92 Å². The van der Waals surface area contributed by atoms with E-state index in [0.717, 1.165) is 0 Å². The Morgan fingerprint density at radius 3 is 1.83 bits per heavy atom. The lowest BCUT2D eigenvalue weighted by Gasteiger charge is -2.32. The number of hydrogen-bond acceptors (Lipinski definition) is 0. The second kappa shape index (κ2) is 3.76. The average molecular weight is 275 g/mol. The molecule has 0 aromatic heterocycles. The fourth-order valence-electron chi connectivity index (χ4n) is 3.54. The van der Waals surface area contributed by atoms with Crippen LogP contribution in [0.25, 0.3) is 0 Å². The van der Waals surface area contributed by atoms with Crippen LogP contribution in [0.1, 0.15) is 39.5 Å². The van der Waals surface area contributed by atoms with Crippen molar-refractivity contribution in [3.63, 3.8) is 0 Å². The molecule has 2 aromatic rings. The third kappa shape index (κ3) is 1.23. The number of hydrogen-bond donors (Lipinski definition) is 0. The quantitative estimate of drug-likeness (QED) is 0.605. The van der Waals surface area contributed by atoms with Gasteiger partial charge in [-0.2, -0.15) is 0 Å². The van der Waals surface area contributed by atoms with Crippen LogP contribution in [0.2, 0.25) is 0 Å². The van der Waals surface area contributed by atoms with Crippen LogP contribution in [0.4, 0.5) is 0 Å². The van der Waals surface area contributed by atoms with Gasteiger partial charge in [-0.3, -0.25) is 0 Å². The molecule has 4 atom stereocenters. The van der Waals surface area contributed by atoms with Gasteiger partial charge in [0.25, 0.3) is 0 Å². The van der Waals surface area contributed by atoms with Crippen molar-refractivity contribution < 1.29 is 0 Å². The molecule has 2 aliphatic carbocycles. The van der Waals surface area contributed by atoms with Crippen LogP contribution >= 0.6 is 23.2 Å². The fraction of sp³-hybridized carbons (Fsp3) is 0.250. The van der Waals surface area contributed by atoms with Crippen molar-refractivity contribution in [2.75, 3.05) is 0 Å². The Morgan fingerprint density at radius 2 is 1.17 bits per heavy atom. The molecule has 4 unspecified atom stereocenters. The molecule has 0 amide bonds. The Kier molecular flexibility index (Phi) is 2.27. The van der Waals surface area contributed by atoms with E-state index in [2.05, 4.69) is 48.5 Å². The third-order valence-electron chi connectivity index (χ3n) is 4.30. The highest BCUT2D eigenvalue weighted by Gasteiger charge is 2.48. The van der Waals surface area contributed by atoms with Crippen molar-refractivity contribution in [3.8, 4) is 0 Å². The lowest BCUT2D eigenvalue weighted by atomic mass is 9.80. The van der Waals surface area contributed by atoms with E-state index in [4.69, 9.17) is 23.2 Å². The summed E-state index contributed by atoms with van der Waals surface area (Å²) in [4.78, 5) is 0. The fourth-order valence-corrected chi connectivity index (χ4v) is 4.66. The molecule has 0 saturated carbocycles. The van der Waals surface area contributed by atoms with Gasteiger partial charge >= 0.3 is 0 Å². The summed E-state index contributed by atoms with van der Waals surface area (Å²) in [5.74, 6) is 0.545. The molecule has 0 fully saturated rings. The molecular formula is C16H12Cl2. The largest absolute Gasteiger partial charge is 0.121 e. The highest BCUT2D eigenvalue weighted by molar-refractivity contribution is 6.26. The molecule has 0 N–H and O–H groups in total. The first-order chi connectivity index (χ1) is 8.79. The van der Waals surface area contributed by atoms with Gasteiger partial charge in [0.05, 0.1) is 10.8 Å². The van der Waals surface area contributed by atoms with Crippen molar-refractivity contribution >= 4 is 23.2 Å². The Hall–Kier alpha value is -0.980. The summed E-state index contributed by atoms with van der Waals surface area (Å²) in [7, 11) is 0. The molecule has 2 heteroatoms. The molecule has 0 heterocycles. The number of alkyl halides is 2. The van der Waals surface area contributed by atoms with Crippen LogP contribution in [0, 0.1) is 0 Å².